The first-order chi connectivity index (χ1) is 11.5. The molecular formula is C20H25NO3. The van der Waals surface area contributed by atoms with Gasteiger partial charge in [-0.15, -0.1) is 0 Å². The Bertz CT molecular complexity index is 697. The van der Waals surface area contributed by atoms with Crippen molar-refractivity contribution in [2.75, 3.05) is 11.9 Å². The van der Waals surface area contributed by atoms with Gasteiger partial charge < -0.3 is 14.8 Å². The molecule has 2 rings (SSSR count). The van der Waals surface area contributed by atoms with Gasteiger partial charge in [-0.1, -0.05) is 25.1 Å². The van der Waals surface area contributed by atoms with Crippen LogP contribution in [0.5, 0.6) is 11.5 Å². The van der Waals surface area contributed by atoms with E-state index < -0.39 is 6.10 Å². The molecule has 0 aliphatic rings. The fourth-order valence-electron chi connectivity index (χ4n) is 2.36. The van der Waals surface area contributed by atoms with Crippen molar-refractivity contribution in [3.8, 4) is 11.5 Å². The molecule has 0 unspecified atom stereocenters. The number of hydrogen-bond acceptors (Lipinski definition) is 3. The van der Waals surface area contributed by atoms with Gasteiger partial charge in [0, 0.05) is 11.8 Å². The van der Waals surface area contributed by atoms with Crippen LogP contribution in [0.15, 0.2) is 42.5 Å². The minimum absolute atomic E-state index is 0.160. The van der Waals surface area contributed by atoms with E-state index in [1.165, 1.54) is 0 Å². The number of rotatable bonds is 7. The molecule has 24 heavy (non-hydrogen) atoms. The van der Waals surface area contributed by atoms with E-state index in [9.17, 15) is 4.79 Å². The lowest BCUT2D eigenvalue weighted by molar-refractivity contribution is -0.122. The van der Waals surface area contributed by atoms with Crippen LogP contribution in [0.4, 0.5) is 5.69 Å². The van der Waals surface area contributed by atoms with Crippen molar-refractivity contribution < 1.29 is 14.3 Å². The molecule has 2 aromatic rings. The van der Waals surface area contributed by atoms with Crippen molar-refractivity contribution in [1.29, 1.82) is 0 Å². The zero-order valence-corrected chi connectivity index (χ0v) is 14.8. The summed E-state index contributed by atoms with van der Waals surface area (Å²) in [6.45, 7) is 8.44. The summed E-state index contributed by atoms with van der Waals surface area (Å²) in [6.07, 6.45) is 0.0472. The second kappa shape index (κ2) is 8.39. The highest BCUT2D eigenvalue weighted by Gasteiger charge is 2.19. The fraction of sp³-hybridized carbons (Fsp3) is 0.350. The molecule has 2 aromatic carbocycles. The topological polar surface area (TPSA) is 47.6 Å². The van der Waals surface area contributed by atoms with Crippen LogP contribution in [0.3, 0.4) is 0 Å². The third-order valence-corrected chi connectivity index (χ3v) is 3.69. The first kappa shape index (κ1) is 17.9. The highest BCUT2D eigenvalue weighted by molar-refractivity contribution is 5.94. The average Bonchev–Trinajstić information content (AvgIpc) is 2.56. The van der Waals surface area contributed by atoms with Crippen LogP contribution in [-0.2, 0) is 4.79 Å². The number of nitrogens with one attached hydrogen (secondary N) is 1. The van der Waals surface area contributed by atoms with Gasteiger partial charge in [-0.25, -0.2) is 0 Å². The smallest absolute Gasteiger partial charge is 0.265 e. The van der Waals surface area contributed by atoms with E-state index in [0.29, 0.717) is 18.7 Å². The van der Waals surface area contributed by atoms with Gasteiger partial charge in [0.1, 0.15) is 11.5 Å². The summed E-state index contributed by atoms with van der Waals surface area (Å²) in [5.74, 6) is 1.32. The molecule has 0 bridgehead atoms. The van der Waals surface area contributed by atoms with Gasteiger partial charge in [-0.05, 0) is 56.5 Å². The summed E-state index contributed by atoms with van der Waals surface area (Å²) in [4.78, 5) is 12.5. The summed E-state index contributed by atoms with van der Waals surface area (Å²) >= 11 is 0. The van der Waals surface area contributed by atoms with Crippen LogP contribution < -0.4 is 14.8 Å². The van der Waals surface area contributed by atoms with Crippen LogP contribution in [0.1, 0.15) is 31.4 Å². The second-order valence-corrected chi connectivity index (χ2v) is 5.73. The van der Waals surface area contributed by atoms with Gasteiger partial charge in [-0.3, -0.25) is 4.79 Å². The fourth-order valence-corrected chi connectivity index (χ4v) is 2.36. The third-order valence-electron chi connectivity index (χ3n) is 3.69. The van der Waals surface area contributed by atoms with Gasteiger partial charge in [0.05, 0.1) is 6.61 Å². The van der Waals surface area contributed by atoms with Crippen molar-refractivity contribution in [3.63, 3.8) is 0 Å². The number of anilines is 1. The first-order valence-electron chi connectivity index (χ1n) is 8.31. The molecule has 0 saturated heterocycles. The minimum Gasteiger partial charge on any atom is -0.494 e. The third kappa shape index (κ3) is 4.75. The summed E-state index contributed by atoms with van der Waals surface area (Å²) < 4.78 is 11.4. The SMILES string of the molecule is CCOc1cccc(NC(=O)[C@H](CC)Oc2cc(C)ccc2C)c1. The van der Waals surface area contributed by atoms with Crippen LogP contribution in [0.25, 0.3) is 0 Å². The molecule has 1 amide bonds. The molecule has 0 saturated carbocycles. The Kier molecular flexibility index (Phi) is 6.24. The van der Waals surface area contributed by atoms with Crippen LogP contribution >= 0.6 is 0 Å². The molecule has 0 radical (unpaired) electrons. The Labute approximate surface area is 143 Å². The predicted octanol–water partition coefficient (Wildman–Crippen LogP) is 4.50. The molecule has 0 aliphatic heterocycles. The number of amides is 1. The van der Waals surface area contributed by atoms with E-state index in [1.54, 1.807) is 0 Å². The maximum atomic E-state index is 12.5. The standard InChI is InChI=1S/C20H25NO3/c1-5-18(24-19-12-14(3)10-11-15(19)4)20(22)21-16-8-7-9-17(13-16)23-6-2/h7-13,18H,5-6H2,1-4H3,(H,21,22)/t18-/m0/s1. The lowest BCUT2D eigenvalue weighted by Crippen LogP contribution is -2.32. The van der Waals surface area contributed by atoms with E-state index >= 15 is 0 Å². The van der Waals surface area contributed by atoms with Crippen LogP contribution in [0, 0.1) is 13.8 Å². The molecule has 1 atom stereocenters. The van der Waals surface area contributed by atoms with E-state index in [0.717, 1.165) is 22.6 Å². The molecule has 0 spiro atoms. The number of benzene rings is 2. The Balaban J connectivity index is 2.08. The number of carbonyl (C=O) groups is 1. The molecule has 128 valence electrons. The Morgan fingerprint density at radius 3 is 2.62 bits per heavy atom. The molecule has 0 heterocycles. The predicted molar refractivity (Wildman–Crippen MR) is 96.9 cm³/mol. The Hall–Kier alpha value is -2.49. The number of carbonyl (C=O) groups excluding carboxylic acids is 1. The maximum absolute atomic E-state index is 12.5. The number of hydrogen-bond donors (Lipinski definition) is 1. The van der Waals surface area contributed by atoms with Crippen molar-refractivity contribution in [2.24, 2.45) is 0 Å². The zero-order chi connectivity index (χ0) is 17.5. The molecule has 0 fully saturated rings. The zero-order valence-electron chi connectivity index (χ0n) is 14.8. The van der Waals surface area contributed by atoms with Crippen LogP contribution in [0.2, 0.25) is 0 Å². The van der Waals surface area contributed by atoms with Crippen molar-refractivity contribution in [3.05, 3.63) is 53.6 Å². The lowest BCUT2D eigenvalue weighted by atomic mass is 10.1. The van der Waals surface area contributed by atoms with Gasteiger partial charge in [0.2, 0.25) is 0 Å². The molecular weight excluding hydrogens is 302 g/mol. The monoisotopic (exact) mass is 327 g/mol. The summed E-state index contributed by atoms with van der Waals surface area (Å²) in [7, 11) is 0. The largest absolute Gasteiger partial charge is 0.494 e. The molecule has 0 aliphatic carbocycles. The second-order valence-electron chi connectivity index (χ2n) is 5.73. The minimum atomic E-state index is -0.541. The first-order valence-corrected chi connectivity index (χ1v) is 8.31. The maximum Gasteiger partial charge on any atom is 0.265 e. The van der Waals surface area contributed by atoms with Crippen molar-refractivity contribution in [1.82, 2.24) is 0 Å². The summed E-state index contributed by atoms with van der Waals surface area (Å²) in [5, 5.41) is 2.90. The van der Waals surface area contributed by atoms with Gasteiger partial charge in [0.25, 0.3) is 5.91 Å². The van der Waals surface area contributed by atoms with E-state index in [4.69, 9.17) is 9.47 Å². The van der Waals surface area contributed by atoms with Crippen molar-refractivity contribution in [2.45, 2.75) is 40.2 Å². The number of aryl methyl sites for hydroxylation is 2. The van der Waals surface area contributed by atoms with E-state index in [1.807, 2.05) is 70.2 Å². The highest BCUT2D eigenvalue weighted by atomic mass is 16.5. The lowest BCUT2D eigenvalue weighted by Gasteiger charge is -2.19. The summed E-state index contributed by atoms with van der Waals surface area (Å²) in [5.41, 5.74) is 2.83. The molecule has 4 heteroatoms. The normalized spacial score (nSPS) is 11.7. The van der Waals surface area contributed by atoms with E-state index in [-0.39, 0.29) is 5.91 Å². The summed E-state index contributed by atoms with van der Waals surface area (Å²) in [6, 6.07) is 13.4. The van der Waals surface area contributed by atoms with Gasteiger partial charge in [-0.2, -0.15) is 0 Å². The van der Waals surface area contributed by atoms with Gasteiger partial charge >= 0.3 is 0 Å². The molecule has 1 N–H and O–H groups in total. The number of ether oxygens (including phenoxy) is 2. The van der Waals surface area contributed by atoms with Crippen molar-refractivity contribution >= 4 is 11.6 Å². The van der Waals surface area contributed by atoms with Gasteiger partial charge in [0.15, 0.2) is 6.10 Å². The Morgan fingerprint density at radius 2 is 1.92 bits per heavy atom. The molecule has 0 aromatic heterocycles. The Morgan fingerprint density at radius 1 is 1.12 bits per heavy atom. The highest BCUT2D eigenvalue weighted by Crippen LogP contribution is 2.22. The van der Waals surface area contributed by atoms with E-state index in [2.05, 4.69) is 5.32 Å². The average molecular weight is 327 g/mol. The molecule has 4 nitrogen and oxygen atoms in total. The van der Waals surface area contributed by atoms with Crippen LogP contribution in [-0.4, -0.2) is 18.6 Å². The quantitative estimate of drug-likeness (QED) is 0.814.